The summed E-state index contributed by atoms with van der Waals surface area (Å²) in [7, 11) is 1.93. The average Bonchev–Trinajstić information content (AvgIpc) is 2.67. The molecule has 2 rings (SSSR count). The molecule has 1 unspecified atom stereocenters. The van der Waals surface area contributed by atoms with Crippen molar-refractivity contribution in [3.63, 3.8) is 0 Å². The number of nitrogens with zero attached hydrogens (tertiary/aromatic N) is 2. The number of hydrogen-bond donors (Lipinski definition) is 2. The zero-order valence-corrected chi connectivity index (χ0v) is 8.99. The van der Waals surface area contributed by atoms with Crippen LogP contribution in [0.25, 0.3) is 0 Å². The van der Waals surface area contributed by atoms with E-state index in [2.05, 4.69) is 21.5 Å². The molecule has 4 heteroatoms. The lowest BCUT2D eigenvalue weighted by atomic mass is 10.3. The summed E-state index contributed by atoms with van der Waals surface area (Å²) in [5, 5.41) is 8.32. The van der Waals surface area contributed by atoms with E-state index < -0.39 is 0 Å². The van der Waals surface area contributed by atoms with E-state index >= 15 is 0 Å². The van der Waals surface area contributed by atoms with Crippen molar-refractivity contribution in [2.75, 3.05) is 7.05 Å². The molecular formula is C11H15N4+. The second kappa shape index (κ2) is 4.33. The Morgan fingerprint density at radius 1 is 1.40 bits per heavy atom. The predicted molar refractivity (Wildman–Crippen MR) is 59.9 cm³/mol. The molecule has 2 N–H and O–H groups in total. The van der Waals surface area contributed by atoms with E-state index in [4.69, 9.17) is 0 Å². The standard InChI is InChI=1S/C11H14N4/c1-9-5-14-15(8-9)11-4-3-10(6-12-2)7-13-11/h3-5,7-8,12H,6H2,1-2H3/p+1. The first kappa shape index (κ1) is 10.0. The van der Waals surface area contributed by atoms with Crippen molar-refractivity contribution in [1.82, 2.24) is 10.3 Å². The Kier molecular flexibility index (Phi) is 2.89. The molecule has 1 aliphatic rings. The van der Waals surface area contributed by atoms with Gasteiger partial charge in [0.05, 0.1) is 6.21 Å². The first-order valence-electron chi connectivity index (χ1n) is 4.99. The average molecular weight is 203 g/mol. The van der Waals surface area contributed by atoms with Crippen molar-refractivity contribution < 1.29 is 5.01 Å². The van der Waals surface area contributed by atoms with Gasteiger partial charge < -0.3 is 5.32 Å². The number of allylic oxidation sites excluding steroid dienone is 1. The van der Waals surface area contributed by atoms with Crippen LogP contribution in [0, 0.1) is 0 Å². The van der Waals surface area contributed by atoms with Crippen LogP contribution in [-0.4, -0.2) is 18.2 Å². The van der Waals surface area contributed by atoms with Gasteiger partial charge in [0.25, 0.3) is 5.82 Å². The van der Waals surface area contributed by atoms with Gasteiger partial charge in [0, 0.05) is 24.4 Å². The quantitative estimate of drug-likeness (QED) is 0.738. The lowest BCUT2D eigenvalue weighted by Gasteiger charge is -2.03. The molecule has 0 saturated heterocycles. The number of pyridine rings is 1. The maximum Gasteiger partial charge on any atom is 0.257 e. The maximum atomic E-state index is 4.38. The van der Waals surface area contributed by atoms with Gasteiger partial charge in [-0.1, -0.05) is 5.10 Å². The lowest BCUT2D eigenvalue weighted by molar-refractivity contribution is -0.782. The molecule has 0 bridgehead atoms. The van der Waals surface area contributed by atoms with Gasteiger partial charge in [0.1, 0.15) is 6.20 Å². The third-order valence-corrected chi connectivity index (χ3v) is 2.24. The van der Waals surface area contributed by atoms with Gasteiger partial charge in [-0.05, 0) is 25.6 Å². The van der Waals surface area contributed by atoms with Gasteiger partial charge in [-0.15, -0.1) is 5.01 Å². The van der Waals surface area contributed by atoms with Gasteiger partial charge in [-0.25, -0.2) is 4.98 Å². The van der Waals surface area contributed by atoms with Crippen LogP contribution in [0.2, 0.25) is 0 Å². The van der Waals surface area contributed by atoms with Crippen molar-refractivity contribution >= 4 is 12.0 Å². The highest BCUT2D eigenvalue weighted by Crippen LogP contribution is 2.02. The van der Waals surface area contributed by atoms with E-state index in [0.717, 1.165) is 17.4 Å². The first-order valence-corrected chi connectivity index (χ1v) is 4.99. The third kappa shape index (κ3) is 2.29. The maximum absolute atomic E-state index is 4.38. The van der Waals surface area contributed by atoms with Crippen LogP contribution in [0.15, 0.2) is 35.2 Å². The van der Waals surface area contributed by atoms with Gasteiger partial charge in [-0.2, -0.15) is 0 Å². The molecule has 0 fully saturated rings. The summed E-state index contributed by atoms with van der Waals surface area (Å²) in [4.78, 5) is 4.38. The number of aromatic nitrogens is 1. The molecule has 0 saturated carbocycles. The highest BCUT2D eigenvalue weighted by molar-refractivity contribution is 5.77. The Balaban J connectivity index is 2.14. The molecule has 4 nitrogen and oxygen atoms in total. The van der Waals surface area contributed by atoms with E-state index in [0.29, 0.717) is 0 Å². The van der Waals surface area contributed by atoms with Gasteiger partial charge in [-0.3, -0.25) is 0 Å². The number of rotatable bonds is 3. The highest BCUT2D eigenvalue weighted by atomic mass is 15.5. The second-order valence-corrected chi connectivity index (χ2v) is 3.61. The monoisotopic (exact) mass is 203 g/mol. The summed E-state index contributed by atoms with van der Waals surface area (Å²) >= 11 is 0. The van der Waals surface area contributed by atoms with Crippen LogP contribution >= 0.6 is 0 Å². The Labute approximate surface area is 89.3 Å². The zero-order valence-electron chi connectivity index (χ0n) is 8.99. The molecule has 1 aliphatic heterocycles. The fourth-order valence-electron chi connectivity index (χ4n) is 1.49. The van der Waals surface area contributed by atoms with Crippen molar-refractivity contribution in [1.29, 1.82) is 0 Å². The van der Waals surface area contributed by atoms with E-state index in [1.54, 1.807) is 0 Å². The van der Waals surface area contributed by atoms with E-state index in [-0.39, 0.29) is 0 Å². The lowest BCUT2D eigenvalue weighted by Crippen LogP contribution is -2.96. The van der Waals surface area contributed by atoms with Crippen molar-refractivity contribution in [2.45, 2.75) is 13.5 Å². The Morgan fingerprint density at radius 2 is 2.27 bits per heavy atom. The summed E-state index contributed by atoms with van der Waals surface area (Å²) in [6.07, 6.45) is 5.79. The van der Waals surface area contributed by atoms with E-state index in [1.807, 2.05) is 38.6 Å². The highest BCUT2D eigenvalue weighted by Gasteiger charge is 2.14. The second-order valence-electron chi connectivity index (χ2n) is 3.61. The SMILES string of the molecule is CNCc1ccc([NH+]2C=C(C)C=N2)nc1. The third-order valence-electron chi connectivity index (χ3n) is 2.24. The topological polar surface area (TPSA) is 41.7 Å². The molecule has 0 aromatic carbocycles. The fourth-order valence-corrected chi connectivity index (χ4v) is 1.49. The van der Waals surface area contributed by atoms with Gasteiger partial charge >= 0.3 is 0 Å². The molecule has 2 heterocycles. The minimum atomic E-state index is 0.848. The summed E-state index contributed by atoms with van der Waals surface area (Å²) in [5.41, 5.74) is 2.36. The minimum absolute atomic E-state index is 0.848. The Bertz CT molecular complexity index is 392. The molecule has 1 aromatic rings. The number of hydrogen-bond acceptors (Lipinski definition) is 3. The normalized spacial score (nSPS) is 19.3. The molecular weight excluding hydrogens is 188 g/mol. The van der Waals surface area contributed by atoms with E-state index in [1.165, 1.54) is 11.1 Å². The number of nitrogens with one attached hydrogen (secondary N) is 2. The molecule has 0 aliphatic carbocycles. The molecule has 15 heavy (non-hydrogen) atoms. The van der Waals surface area contributed by atoms with Crippen LogP contribution in [0.4, 0.5) is 5.82 Å². The van der Waals surface area contributed by atoms with Gasteiger partial charge in [0.15, 0.2) is 0 Å². The largest absolute Gasteiger partial charge is 0.316 e. The molecule has 1 aromatic heterocycles. The van der Waals surface area contributed by atoms with Crippen LogP contribution in [-0.2, 0) is 6.54 Å². The Hall–Kier alpha value is -1.52. The summed E-state index contributed by atoms with van der Waals surface area (Å²) in [6, 6.07) is 4.08. The molecule has 0 spiro atoms. The van der Waals surface area contributed by atoms with Gasteiger partial charge in [0.2, 0.25) is 0 Å². The summed E-state index contributed by atoms with van der Waals surface area (Å²) < 4.78 is 0. The van der Waals surface area contributed by atoms with Crippen molar-refractivity contribution in [2.24, 2.45) is 5.10 Å². The van der Waals surface area contributed by atoms with Crippen molar-refractivity contribution in [3.8, 4) is 0 Å². The number of quaternary nitrogens is 1. The van der Waals surface area contributed by atoms with Crippen LogP contribution < -0.4 is 10.3 Å². The predicted octanol–water partition coefficient (Wildman–Crippen LogP) is 0.221. The van der Waals surface area contributed by atoms with Crippen LogP contribution in [0.1, 0.15) is 12.5 Å². The smallest absolute Gasteiger partial charge is 0.257 e. The van der Waals surface area contributed by atoms with E-state index in [9.17, 15) is 0 Å². The molecule has 0 radical (unpaired) electrons. The molecule has 1 atom stereocenters. The van der Waals surface area contributed by atoms with Crippen molar-refractivity contribution in [3.05, 3.63) is 35.7 Å². The first-order chi connectivity index (χ1) is 7.29. The Morgan fingerprint density at radius 3 is 2.80 bits per heavy atom. The fraction of sp³-hybridized carbons (Fsp3) is 0.273. The molecule has 0 amide bonds. The van der Waals surface area contributed by atoms with Crippen LogP contribution in [0.5, 0.6) is 0 Å². The molecule has 78 valence electrons. The zero-order chi connectivity index (χ0) is 10.7. The summed E-state index contributed by atoms with van der Waals surface area (Å²) in [5.74, 6) is 0.933. The summed E-state index contributed by atoms with van der Waals surface area (Å²) in [6.45, 7) is 2.88. The van der Waals surface area contributed by atoms with Crippen LogP contribution in [0.3, 0.4) is 0 Å². The minimum Gasteiger partial charge on any atom is -0.316 e.